The molecule has 1 unspecified atom stereocenters. The first-order valence-electron chi connectivity index (χ1n) is 6.99. The van der Waals surface area contributed by atoms with Gasteiger partial charge < -0.3 is 10.1 Å². The molecule has 0 radical (unpaired) electrons. The summed E-state index contributed by atoms with van der Waals surface area (Å²) < 4.78 is 33.4. The Hall–Kier alpha value is -0.700. The Kier molecular flexibility index (Phi) is 5.98. The van der Waals surface area contributed by atoms with E-state index in [0.717, 1.165) is 26.1 Å². The average Bonchev–Trinajstić information content (AvgIpc) is 2.94. The molecule has 1 atom stereocenters. The predicted molar refractivity (Wildman–Crippen MR) is 84.8 cm³/mol. The van der Waals surface area contributed by atoms with Crippen molar-refractivity contribution in [3.05, 3.63) is 16.7 Å². The van der Waals surface area contributed by atoms with E-state index in [0.29, 0.717) is 29.3 Å². The number of nitrogens with zero attached hydrogens (tertiary/aromatic N) is 1. The van der Waals surface area contributed by atoms with Crippen LogP contribution < -0.4 is 10.0 Å². The molecule has 1 aliphatic rings. The van der Waals surface area contributed by atoms with E-state index < -0.39 is 10.0 Å². The quantitative estimate of drug-likeness (QED) is 0.759. The van der Waals surface area contributed by atoms with Crippen molar-refractivity contribution in [3.8, 4) is 0 Å². The second kappa shape index (κ2) is 7.53. The van der Waals surface area contributed by atoms with Crippen LogP contribution in [0.1, 0.15) is 19.8 Å². The molecule has 21 heavy (non-hydrogen) atoms. The van der Waals surface area contributed by atoms with Crippen LogP contribution in [0.5, 0.6) is 0 Å². The van der Waals surface area contributed by atoms with Crippen molar-refractivity contribution in [1.82, 2.24) is 9.71 Å². The molecule has 2 N–H and O–H groups in total. The van der Waals surface area contributed by atoms with Crippen molar-refractivity contribution in [2.75, 3.05) is 31.6 Å². The Balaban J connectivity index is 2.05. The molecule has 1 aliphatic heterocycles. The largest absolute Gasteiger partial charge is 0.381 e. The van der Waals surface area contributed by atoms with Gasteiger partial charge in [-0.05, 0) is 47.7 Å². The zero-order valence-corrected chi connectivity index (χ0v) is 14.3. The maximum Gasteiger partial charge on any atom is 0.244 e. The van der Waals surface area contributed by atoms with Crippen molar-refractivity contribution in [3.63, 3.8) is 0 Å². The lowest BCUT2D eigenvalue weighted by Gasteiger charge is -2.13. The fourth-order valence-electron chi connectivity index (χ4n) is 2.21. The highest BCUT2D eigenvalue weighted by Crippen LogP contribution is 2.23. The molecule has 2 heterocycles. The third kappa shape index (κ3) is 4.64. The molecule has 6 nitrogen and oxygen atoms in total. The number of pyridine rings is 1. The Labute approximate surface area is 133 Å². The van der Waals surface area contributed by atoms with Crippen LogP contribution in [-0.4, -0.2) is 39.7 Å². The lowest BCUT2D eigenvalue weighted by molar-refractivity contribution is 0.184. The summed E-state index contributed by atoms with van der Waals surface area (Å²) >= 11 is 3.26. The van der Waals surface area contributed by atoms with Gasteiger partial charge >= 0.3 is 0 Å². The fourth-order valence-corrected chi connectivity index (χ4v) is 3.90. The zero-order valence-electron chi connectivity index (χ0n) is 11.9. The molecule has 0 spiro atoms. The van der Waals surface area contributed by atoms with Crippen molar-refractivity contribution in [1.29, 1.82) is 0 Å². The second-order valence-corrected chi connectivity index (χ2v) is 7.60. The number of sulfonamides is 1. The Bertz CT molecular complexity index is 574. The van der Waals surface area contributed by atoms with Gasteiger partial charge in [-0.25, -0.2) is 18.1 Å². The first-order chi connectivity index (χ1) is 10.0. The van der Waals surface area contributed by atoms with E-state index in [1.54, 1.807) is 12.3 Å². The van der Waals surface area contributed by atoms with Crippen LogP contribution in [-0.2, 0) is 14.8 Å². The lowest BCUT2D eigenvalue weighted by Crippen LogP contribution is -2.27. The summed E-state index contributed by atoms with van der Waals surface area (Å²) in [5, 5.41) is 2.97. The summed E-state index contributed by atoms with van der Waals surface area (Å²) in [6.07, 6.45) is 3.37. The minimum Gasteiger partial charge on any atom is -0.381 e. The van der Waals surface area contributed by atoms with Gasteiger partial charge in [-0.15, -0.1) is 0 Å². The highest BCUT2D eigenvalue weighted by atomic mass is 79.9. The standard InChI is InChI=1S/C13H20BrN3O3S/c1-2-15-13-12(7-11(14)8-16-13)21(18,19)17-5-3-10-4-6-20-9-10/h7-8,10,17H,2-6,9H2,1H3,(H,15,16). The van der Waals surface area contributed by atoms with Crippen molar-refractivity contribution < 1.29 is 13.2 Å². The third-order valence-corrected chi connectivity index (χ3v) is 5.23. The van der Waals surface area contributed by atoms with Crippen LogP contribution in [0.25, 0.3) is 0 Å². The van der Waals surface area contributed by atoms with E-state index in [2.05, 4.69) is 31.0 Å². The highest BCUT2D eigenvalue weighted by molar-refractivity contribution is 9.10. The van der Waals surface area contributed by atoms with Crippen LogP contribution >= 0.6 is 15.9 Å². The maximum absolute atomic E-state index is 12.4. The molecule has 1 aromatic rings. The van der Waals surface area contributed by atoms with Crippen molar-refractivity contribution in [2.24, 2.45) is 5.92 Å². The molecule has 8 heteroatoms. The number of hydrogen-bond donors (Lipinski definition) is 2. The number of nitrogens with one attached hydrogen (secondary N) is 2. The summed E-state index contributed by atoms with van der Waals surface area (Å²) in [6, 6.07) is 1.56. The summed E-state index contributed by atoms with van der Waals surface area (Å²) in [7, 11) is -3.57. The monoisotopic (exact) mass is 377 g/mol. The molecule has 2 rings (SSSR count). The Morgan fingerprint density at radius 3 is 3.00 bits per heavy atom. The number of hydrogen-bond acceptors (Lipinski definition) is 5. The lowest BCUT2D eigenvalue weighted by atomic mass is 10.1. The molecule has 1 aromatic heterocycles. The molecule has 1 saturated heterocycles. The van der Waals surface area contributed by atoms with E-state index in [1.807, 2.05) is 6.92 Å². The maximum atomic E-state index is 12.4. The molecule has 118 valence electrons. The molecular formula is C13H20BrN3O3S. The smallest absolute Gasteiger partial charge is 0.244 e. The zero-order chi connectivity index (χ0) is 15.3. The van der Waals surface area contributed by atoms with Gasteiger partial charge in [-0.2, -0.15) is 0 Å². The van der Waals surface area contributed by atoms with Gasteiger partial charge in [0.1, 0.15) is 10.7 Å². The number of rotatable bonds is 7. The minimum atomic E-state index is -3.57. The molecular weight excluding hydrogens is 358 g/mol. The van der Waals surface area contributed by atoms with Crippen molar-refractivity contribution in [2.45, 2.75) is 24.7 Å². The average molecular weight is 378 g/mol. The molecule has 1 fully saturated rings. The number of ether oxygens (including phenoxy) is 1. The predicted octanol–water partition coefficient (Wildman–Crippen LogP) is 1.98. The van der Waals surface area contributed by atoms with Gasteiger partial charge in [0.05, 0.1) is 0 Å². The fraction of sp³-hybridized carbons (Fsp3) is 0.615. The Morgan fingerprint density at radius 2 is 2.33 bits per heavy atom. The van der Waals surface area contributed by atoms with Crippen LogP contribution in [0.4, 0.5) is 5.82 Å². The van der Waals surface area contributed by atoms with Crippen LogP contribution in [0.15, 0.2) is 21.6 Å². The van der Waals surface area contributed by atoms with Gasteiger partial charge in [0.25, 0.3) is 0 Å². The van der Waals surface area contributed by atoms with E-state index in [1.165, 1.54) is 0 Å². The SMILES string of the molecule is CCNc1ncc(Br)cc1S(=O)(=O)NCCC1CCOC1. The molecule has 0 amide bonds. The van der Waals surface area contributed by atoms with E-state index in [-0.39, 0.29) is 4.90 Å². The minimum absolute atomic E-state index is 0.168. The number of anilines is 1. The normalized spacial score (nSPS) is 18.9. The second-order valence-electron chi connectivity index (χ2n) is 4.95. The van der Waals surface area contributed by atoms with Crippen LogP contribution in [0.3, 0.4) is 0 Å². The molecule has 0 aliphatic carbocycles. The van der Waals surface area contributed by atoms with E-state index in [9.17, 15) is 8.42 Å². The van der Waals surface area contributed by atoms with Gasteiger partial charge in [-0.1, -0.05) is 0 Å². The highest BCUT2D eigenvalue weighted by Gasteiger charge is 2.21. The van der Waals surface area contributed by atoms with Crippen LogP contribution in [0, 0.1) is 5.92 Å². The molecule has 0 bridgehead atoms. The summed E-state index contributed by atoms with van der Waals surface area (Å²) in [4.78, 5) is 4.29. The number of aromatic nitrogens is 1. The van der Waals surface area contributed by atoms with E-state index >= 15 is 0 Å². The van der Waals surface area contributed by atoms with Gasteiger partial charge in [0.2, 0.25) is 10.0 Å². The Morgan fingerprint density at radius 1 is 1.52 bits per heavy atom. The third-order valence-electron chi connectivity index (χ3n) is 3.32. The first kappa shape index (κ1) is 16.7. The topological polar surface area (TPSA) is 80.3 Å². The van der Waals surface area contributed by atoms with E-state index in [4.69, 9.17) is 4.74 Å². The molecule has 0 aromatic carbocycles. The van der Waals surface area contributed by atoms with Gasteiger partial charge in [0, 0.05) is 37.0 Å². The number of halogens is 1. The first-order valence-corrected chi connectivity index (χ1v) is 9.27. The van der Waals surface area contributed by atoms with Crippen LogP contribution in [0.2, 0.25) is 0 Å². The summed E-state index contributed by atoms with van der Waals surface area (Å²) in [5.41, 5.74) is 0. The summed E-state index contributed by atoms with van der Waals surface area (Å²) in [5.74, 6) is 0.818. The van der Waals surface area contributed by atoms with Gasteiger partial charge in [-0.3, -0.25) is 0 Å². The summed E-state index contributed by atoms with van der Waals surface area (Å²) in [6.45, 7) is 4.42. The van der Waals surface area contributed by atoms with Crippen molar-refractivity contribution >= 4 is 31.8 Å². The van der Waals surface area contributed by atoms with Gasteiger partial charge in [0.15, 0.2) is 0 Å². The molecule has 0 saturated carbocycles.